The molecule has 2 fully saturated rings. The normalized spacial score (nSPS) is 23.5. The van der Waals surface area contributed by atoms with Gasteiger partial charge in [0.1, 0.15) is 6.61 Å². The van der Waals surface area contributed by atoms with Gasteiger partial charge in [-0.2, -0.15) is 0 Å². The van der Waals surface area contributed by atoms with Gasteiger partial charge in [-0.3, -0.25) is 4.79 Å². The Morgan fingerprint density at radius 3 is 2.19 bits per heavy atom. The fourth-order valence-electron chi connectivity index (χ4n) is 6.95. The Labute approximate surface area is 245 Å². The summed E-state index contributed by atoms with van der Waals surface area (Å²) < 4.78 is 11.5. The van der Waals surface area contributed by atoms with Crippen molar-refractivity contribution in [1.29, 1.82) is 0 Å². The maximum absolute atomic E-state index is 13.1. The van der Waals surface area contributed by atoms with Gasteiger partial charge < -0.3 is 25.2 Å². The number of ether oxygens (including phenoxy) is 2. The molecule has 8 nitrogen and oxygen atoms in total. The number of benzene rings is 3. The van der Waals surface area contributed by atoms with Crippen molar-refractivity contribution < 1.29 is 29.0 Å². The van der Waals surface area contributed by atoms with Crippen molar-refractivity contribution in [1.82, 2.24) is 10.6 Å². The third-order valence-corrected chi connectivity index (χ3v) is 9.23. The number of fused-ring (bicyclic) bond motifs is 4. The van der Waals surface area contributed by atoms with Gasteiger partial charge in [0, 0.05) is 17.9 Å². The molecule has 0 aromatic heterocycles. The summed E-state index contributed by atoms with van der Waals surface area (Å²) in [5, 5.41) is 15.5. The van der Waals surface area contributed by atoms with Gasteiger partial charge in [-0.05, 0) is 65.8 Å². The molecule has 3 aliphatic carbocycles. The van der Waals surface area contributed by atoms with Gasteiger partial charge in [-0.15, -0.1) is 0 Å². The highest BCUT2D eigenvalue weighted by Gasteiger charge is 2.50. The molecule has 2 saturated carbocycles. The lowest BCUT2D eigenvalue weighted by Crippen LogP contribution is -2.50. The summed E-state index contributed by atoms with van der Waals surface area (Å²) in [7, 11) is 0. The molecule has 2 amide bonds. The largest absolute Gasteiger partial charge is 0.480 e. The molecule has 3 aliphatic rings. The first-order valence-corrected chi connectivity index (χ1v) is 14.7. The molecule has 0 heterocycles. The molecule has 0 radical (unpaired) electrons. The van der Waals surface area contributed by atoms with Crippen molar-refractivity contribution in [3.63, 3.8) is 0 Å². The molecule has 3 aromatic rings. The van der Waals surface area contributed by atoms with Gasteiger partial charge >= 0.3 is 12.1 Å². The first-order chi connectivity index (χ1) is 20.4. The molecular formula is C34H36N2O6. The minimum absolute atomic E-state index is 0.00177. The van der Waals surface area contributed by atoms with Crippen LogP contribution < -0.4 is 10.6 Å². The number of carboxylic acids is 1. The minimum Gasteiger partial charge on any atom is -0.480 e. The second kappa shape index (κ2) is 12.0. The Kier molecular flexibility index (Phi) is 7.98. The smallest absolute Gasteiger partial charge is 0.407 e. The molecule has 6 rings (SSSR count). The van der Waals surface area contributed by atoms with Crippen molar-refractivity contribution in [2.45, 2.75) is 56.9 Å². The summed E-state index contributed by atoms with van der Waals surface area (Å²) in [5.41, 5.74) is 5.63. The number of carbonyl (C=O) groups is 3. The zero-order chi connectivity index (χ0) is 29.2. The Hall–Kier alpha value is -4.17. The van der Waals surface area contributed by atoms with Crippen LogP contribution in [0, 0.1) is 17.8 Å². The number of rotatable bonds is 10. The van der Waals surface area contributed by atoms with Gasteiger partial charge in [0.2, 0.25) is 5.91 Å². The molecule has 0 bridgehead atoms. The lowest BCUT2D eigenvalue weighted by atomic mass is 9.71. The van der Waals surface area contributed by atoms with Gasteiger partial charge in [0.15, 0.2) is 6.04 Å². The van der Waals surface area contributed by atoms with E-state index in [4.69, 9.17) is 9.47 Å². The summed E-state index contributed by atoms with van der Waals surface area (Å²) in [4.78, 5) is 37.8. The molecule has 6 atom stereocenters. The van der Waals surface area contributed by atoms with Crippen molar-refractivity contribution >= 4 is 18.0 Å². The van der Waals surface area contributed by atoms with Crippen molar-refractivity contribution in [3.8, 4) is 11.1 Å². The first kappa shape index (κ1) is 28.0. The first-order valence-electron chi connectivity index (χ1n) is 14.7. The van der Waals surface area contributed by atoms with Crippen LogP contribution in [0.5, 0.6) is 0 Å². The van der Waals surface area contributed by atoms with Crippen LogP contribution in [0.2, 0.25) is 0 Å². The highest BCUT2D eigenvalue weighted by atomic mass is 16.5. The lowest BCUT2D eigenvalue weighted by molar-refractivity contribution is -0.147. The number of hydrogen-bond acceptors (Lipinski definition) is 5. The predicted molar refractivity (Wildman–Crippen MR) is 157 cm³/mol. The van der Waals surface area contributed by atoms with Gasteiger partial charge in [0.05, 0.1) is 12.7 Å². The highest BCUT2D eigenvalue weighted by molar-refractivity contribution is 5.85. The van der Waals surface area contributed by atoms with E-state index in [1.54, 1.807) is 6.92 Å². The molecule has 0 aliphatic heterocycles. The van der Waals surface area contributed by atoms with Gasteiger partial charge in [-0.1, -0.05) is 78.9 Å². The Balaban J connectivity index is 0.985. The lowest BCUT2D eigenvalue weighted by Gasteiger charge is -2.40. The molecule has 3 aromatic carbocycles. The average molecular weight is 569 g/mol. The second-order valence-corrected chi connectivity index (χ2v) is 11.7. The summed E-state index contributed by atoms with van der Waals surface area (Å²) in [6.45, 7) is 2.18. The number of aliphatic carboxylic acids is 1. The molecule has 3 N–H and O–H groups in total. The van der Waals surface area contributed by atoms with Crippen LogP contribution in [-0.4, -0.2) is 47.9 Å². The zero-order valence-corrected chi connectivity index (χ0v) is 23.6. The van der Waals surface area contributed by atoms with Gasteiger partial charge in [0.25, 0.3) is 0 Å². The molecule has 0 spiro atoms. The standard InChI is InChI=1S/C34H36N2O6/c1-20(41-18-21-9-3-2-4-10-21)31(33(38)39)36-32(37)23-15-22-17-30(28(22)16-23)35-34(40)42-19-29-26-13-7-5-11-24(26)25-12-6-8-14-27(25)29/h2-14,20,22-23,28-31H,15-19H2,1H3,(H,35,40)(H,36,37)(H,38,39)/t20-,22+,23?,28+,30-,31+/m0/s1. The van der Waals surface area contributed by atoms with Crippen LogP contribution in [0.4, 0.5) is 4.79 Å². The fourth-order valence-corrected chi connectivity index (χ4v) is 6.95. The van der Waals surface area contributed by atoms with E-state index < -0.39 is 24.2 Å². The van der Waals surface area contributed by atoms with Crippen LogP contribution in [0.3, 0.4) is 0 Å². The Morgan fingerprint density at radius 1 is 0.881 bits per heavy atom. The van der Waals surface area contributed by atoms with Crippen LogP contribution in [0.15, 0.2) is 78.9 Å². The van der Waals surface area contributed by atoms with Crippen molar-refractivity contribution in [3.05, 3.63) is 95.6 Å². The van der Waals surface area contributed by atoms with E-state index in [9.17, 15) is 19.5 Å². The van der Waals surface area contributed by atoms with Crippen molar-refractivity contribution in [2.24, 2.45) is 17.8 Å². The van der Waals surface area contributed by atoms with Crippen LogP contribution >= 0.6 is 0 Å². The van der Waals surface area contributed by atoms with E-state index in [1.807, 2.05) is 54.6 Å². The summed E-state index contributed by atoms with van der Waals surface area (Å²) in [5.74, 6) is -1.19. The topological polar surface area (TPSA) is 114 Å². The van der Waals surface area contributed by atoms with E-state index in [2.05, 4.69) is 34.9 Å². The van der Waals surface area contributed by atoms with E-state index in [0.29, 0.717) is 18.8 Å². The molecule has 8 heteroatoms. The number of hydrogen-bond donors (Lipinski definition) is 3. The third-order valence-electron chi connectivity index (χ3n) is 9.23. The maximum Gasteiger partial charge on any atom is 0.407 e. The number of carbonyl (C=O) groups excluding carboxylic acids is 2. The molecule has 218 valence electrons. The number of amides is 2. The Bertz CT molecular complexity index is 1410. The highest BCUT2D eigenvalue weighted by Crippen LogP contribution is 2.50. The number of carboxylic acid groups (broad SMARTS) is 1. The quantitative estimate of drug-likeness (QED) is 0.313. The number of nitrogens with one attached hydrogen (secondary N) is 2. The molecule has 0 saturated heterocycles. The van der Waals surface area contributed by atoms with Crippen molar-refractivity contribution in [2.75, 3.05) is 6.61 Å². The summed E-state index contributed by atoms with van der Waals surface area (Å²) in [6.07, 6.45) is 0.940. The fraction of sp³-hybridized carbons (Fsp3) is 0.382. The number of alkyl carbamates (subject to hydrolysis) is 1. The second-order valence-electron chi connectivity index (χ2n) is 11.7. The Morgan fingerprint density at radius 2 is 1.52 bits per heavy atom. The summed E-state index contributed by atoms with van der Waals surface area (Å²) >= 11 is 0. The van der Waals surface area contributed by atoms with E-state index in [1.165, 1.54) is 22.3 Å². The minimum atomic E-state index is -1.14. The van der Waals surface area contributed by atoms with Gasteiger partial charge in [-0.25, -0.2) is 9.59 Å². The molecule has 1 unspecified atom stereocenters. The average Bonchev–Trinajstić information content (AvgIpc) is 3.51. The van der Waals surface area contributed by atoms with E-state index >= 15 is 0 Å². The van der Waals surface area contributed by atoms with Crippen LogP contribution in [-0.2, 0) is 25.7 Å². The third kappa shape index (κ3) is 5.63. The monoisotopic (exact) mass is 568 g/mol. The molecular weight excluding hydrogens is 532 g/mol. The maximum atomic E-state index is 13.1. The van der Waals surface area contributed by atoms with E-state index in [-0.39, 0.29) is 42.9 Å². The molecule has 42 heavy (non-hydrogen) atoms. The summed E-state index contributed by atoms with van der Waals surface area (Å²) in [6, 6.07) is 24.8. The SMILES string of the molecule is C[C@H](OCc1ccccc1)[C@@H](NC(=O)C1C[C@@H]2C[C@H](NC(=O)OCC3c4ccccc4-c4ccccc43)[C@@H]2C1)C(=O)O. The zero-order valence-electron chi connectivity index (χ0n) is 23.6. The van der Waals surface area contributed by atoms with E-state index in [0.717, 1.165) is 12.0 Å². The van der Waals surface area contributed by atoms with Crippen LogP contribution in [0.1, 0.15) is 48.8 Å². The van der Waals surface area contributed by atoms with Crippen LogP contribution in [0.25, 0.3) is 11.1 Å². The predicted octanol–water partition coefficient (Wildman–Crippen LogP) is 5.11.